The first-order chi connectivity index (χ1) is 17.7. The number of nitrogens with zero attached hydrogens (tertiary/aromatic N) is 3. The number of methoxy groups -OCH3 is 1. The molecule has 0 fully saturated rings. The number of benzene rings is 2. The van der Waals surface area contributed by atoms with E-state index in [1.165, 1.54) is 0 Å². The summed E-state index contributed by atoms with van der Waals surface area (Å²) in [6.07, 6.45) is 1.01. The van der Waals surface area contributed by atoms with Crippen LogP contribution in [0.15, 0.2) is 52.8 Å². The Morgan fingerprint density at radius 3 is 2.68 bits per heavy atom. The fourth-order valence-corrected chi connectivity index (χ4v) is 4.95. The lowest BCUT2D eigenvalue weighted by Crippen LogP contribution is -2.31. The van der Waals surface area contributed by atoms with Gasteiger partial charge in [0.05, 0.1) is 18.8 Å². The van der Waals surface area contributed by atoms with E-state index in [-0.39, 0.29) is 12.0 Å². The Labute approximate surface area is 222 Å². The SMILES string of the molecule is CCCSc1nc2n(n1)C(c1ccc(OC(C)C)c(OC)c1)C(C(=O)Nc1cccc(C)c1C)=C(C)N2. The van der Waals surface area contributed by atoms with Crippen LogP contribution in [-0.2, 0) is 4.79 Å². The Kier molecular flexibility index (Phi) is 8.12. The molecule has 1 aliphatic heterocycles. The van der Waals surface area contributed by atoms with Crippen molar-refractivity contribution in [3.05, 3.63) is 64.4 Å². The Morgan fingerprint density at radius 2 is 1.97 bits per heavy atom. The number of rotatable bonds is 9. The van der Waals surface area contributed by atoms with Crippen LogP contribution in [0.1, 0.15) is 56.8 Å². The maximum absolute atomic E-state index is 13.8. The molecule has 37 heavy (non-hydrogen) atoms. The highest BCUT2D eigenvalue weighted by molar-refractivity contribution is 7.99. The lowest BCUT2D eigenvalue weighted by atomic mass is 9.94. The van der Waals surface area contributed by atoms with Crippen molar-refractivity contribution in [2.45, 2.75) is 65.3 Å². The van der Waals surface area contributed by atoms with Crippen LogP contribution in [0.5, 0.6) is 11.5 Å². The highest BCUT2D eigenvalue weighted by Gasteiger charge is 2.35. The van der Waals surface area contributed by atoms with Gasteiger partial charge in [-0.1, -0.05) is 36.9 Å². The molecule has 1 aliphatic rings. The number of anilines is 2. The van der Waals surface area contributed by atoms with E-state index in [0.717, 1.165) is 40.2 Å². The largest absolute Gasteiger partial charge is 0.493 e. The molecule has 0 aliphatic carbocycles. The van der Waals surface area contributed by atoms with Gasteiger partial charge in [0.15, 0.2) is 11.5 Å². The highest BCUT2D eigenvalue weighted by Crippen LogP contribution is 2.40. The zero-order valence-corrected chi connectivity index (χ0v) is 23.3. The number of carbonyl (C=O) groups excluding carboxylic acids is 1. The number of fused-ring (bicyclic) bond motifs is 1. The first-order valence-corrected chi connectivity index (χ1v) is 13.5. The summed E-state index contributed by atoms with van der Waals surface area (Å²) in [7, 11) is 1.62. The average molecular weight is 522 g/mol. The summed E-state index contributed by atoms with van der Waals surface area (Å²) in [5.41, 5.74) is 5.06. The van der Waals surface area contributed by atoms with E-state index in [4.69, 9.17) is 19.6 Å². The third-order valence-corrected chi connectivity index (χ3v) is 7.28. The zero-order chi connectivity index (χ0) is 26.7. The molecule has 1 amide bonds. The molecule has 8 nitrogen and oxygen atoms in total. The fraction of sp³-hybridized carbons (Fsp3) is 0.393. The van der Waals surface area contributed by atoms with E-state index >= 15 is 0 Å². The molecule has 0 saturated carbocycles. The van der Waals surface area contributed by atoms with Crippen LogP contribution in [0, 0.1) is 13.8 Å². The fourth-order valence-electron chi connectivity index (χ4n) is 4.27. The van der Waals surface area contributed by atoms with E-state index in [1.54, 1.807) is 23.6 Å². The van der Waals surface area contributed by atoms with Crippen LogP contribution in [0.25, 0.3) is 0 Å². The predicted octanol–water partition coefficient (Wildman–Crippen LogP) is 6.12. The van der Waals surface area contributed by atoms with Crippen LogP contribution >= 0.6 is 11.8 Å². The second-order valence-corrected chi connectivity index (χ2v) is 10.4. The summed E-state index contributed by atoms with van der Waals surface area (Å²) < 4.78 is 13.4. The normalized spacial score (nSPS) is 14.9. The standard InChI is InChI=1S/C28H35N5O3S/c1-8-14-37-28-31-27-29-19(6)24(26(34)30-21-11-9-10-17(4)18(21)5)25(33(27)32-28)20-12-13-22(36-16(2)3)23(15-20)35-7/h9-13,15-16,25H,8,14H2,1-7H3,(H,30,34)(H,29,31,32). The molecule has 0 bridgehead atoms. The number of hydrogen-bond donors (Lipinski definition) is 2. The number of aryl methyl sites for hydroxylation is 1. The first-order valence-electron chi connectivity index (χ1n) is 12.5. The van der Waals surface area contributed by atoms with E-state index < -0.39 is 6.04 Å². The minimum absolute atomic E-state index is 0.000236. The predicted molar refractivity (Wildman–Crippen MR) is 149 cm³/mol. The van der Waals surface area contributed by atoms with Crippen molar-refractivity contribution in [2.24, 2.45) is 0 Å². The number of amides is 1. The average Bonchev–Trinajstić information content (AvgIpc) is 3.26. The van der Waals surface area contributed by atoms with Crippen molar-refractivity contribution in [1.29, 1.82) is 0 Å². The van der Waals surface area contributed by atoms with Gasteiger partial charge in [-0.3, -0.25) is 4.79 Å². The number of hydrogen-bond acceptors (Lipinski definition) is 7. The first kappa shape index (κ1) is 26.6. The minimum Gasteiger partial charge on any atom is -0.493 e. The quantitative estimate of drug-likeness (QED) is 0.328. The van der Waals surface area contributed by atoms with Crippen molar-refractivity contribution < 1.29 is 14.3 Å². The molecular weight excluding hydrogens is 486 g/mol. The Morgan fingerprint density at radius 1 is 1.19 bits per heavy atom. The molecule has 1 unspecified atom stereocenters. The molecule has 0 radical (unpaired) electrons. The molecule has 2 aromatic carbocycles. The molecule has 0 spiro atoms. The van der Waals surface area contributed by atoms with Gasteiger partial charge in [0.1, 0.15) is 6.04 Å². The van der Waals surface area contributed by atoms with Gasteiger partial charge >= 0.3 is 0 Å². The number of aromatic nitrogens is 3. The maximum Gasteiger partial charge on any atom is 0.255 e. The lowest BCUT2D eigenvalue weighted by molar-refractivity contribution is -0.113. The molecule has 4 rings (SSSR count). The minimum atomic E-state index is -0.508. The van der Waals surface area contributed by atoms with E-state index in [9.17, 15) is 4.79 Å². The van der Waals surface area contributed by atoms with Gasteiger partial charge < -0.3 is 20.1 Å². The number of ether oxygens (including phenoxy) is 2. The molecule has 2 heterocycles. The summed E-state index contributed by atoms with van der Waals surface area (Å²) in [6, 6.07) is 11.1. The van der Waals surface area contributed by atoms with E-state index in [2.05, 4.69) is 17.6 Å². The molecule has 1 atom stereocenters. The third kappa shape index (κ3) is 5.61. The summed E-state index contributed by atoms with van der Waals surface area (Å²) in [5, 5.41) is 11.9. The van der Waals surface area contributed by atoms with Gasteiger partial charge in [-0.15, -0.1) is 5.10 Å². The molecule has 196 valence electrons. The smallest absolute Gasteiger partial charge is 0.255 e. The number of thioether (sulfide) groups is 1. The summed E-state index contributed by atoms with van der Waals surface area (Å²) in [5.74, 6) is 2.56. The van der Waals surface area contributed by atoms with Gasteiger partial charge in [-0.25, -0.2) is 4.68 Å². The Hall–Kier alpha value is -3.46. The Bertz CT molecular complexity index is 1330. The van der Waals surface area contributed by atoms with E-state index in [0.29, 0.717) is 28.2 Å². The lowest BCUT2D eigenvalue weighted by Gasteiger charge is -2.29. The van der Waals surface area contributed by atoms with Crippen molar-refractivity contribution in [1.82, 2.24) is 14.8 Å². The van der Waals surface area contributed by atoms with Crippen molar-refractivity contribution in [3.8, 4) is 11.5 Å². The van der Waals surface area contributed by atoms with Crippen molar-refractivity contribution in [2.75, 3.05) is 23.5 Å². The third-order valence-electron chi connectivity index (χ3n) is 6.23. The van der Waals surface area contributed by atoms with Crippen molar-refractivity contribution >= 4 is 29.3 Å². The van der Waals surface area contributed by atoms with Crippen LogP contribution in [0.2, 0.25) is 0 Å². The van der Waals surface area contributed by atoms with Crippen LogP contribution in [0.4, 0.5) is 11.6 Å². The van der Waals surface area contributed by atoms with Gasteiger partial charge in [-0.05, 0) is 75.9 Å². The van der Waals surface area contributed by atoms with Gasteiger partial charge in [-0.2, -0.15) is 4.98 Å². The second kappa shape index (κ2) is 11.3. The number of nitrogens with one attached hydrogen (secondary N) is 2. The van der Waals surface area contributed by atoms with Crippen LogP contribution in [0.3, 0.4) is 0 Å². The Balaban J connectivity index is 1.80. The molecule has 3 aromatic rings. The van der Waals surface area contributed by atoms with E-state index in [1.807, 2.05) is 71.0 Å². The molecular formula is C28H35N5O3S. The monoisotopic (exact) mass is 521 g/mol. The van der Waals surface area contributed by atoms with Gasteiger partial charge in [0.2, 0.25) is 11.1 Å². The highest BCUT2D eigenvalue weighted by atomic mass is 32.2. The van der Waals surface area contributed by atoms with Gasteiger partial charge in [0.25, 0.3) is 5.91 Å². The topological polar surface area (TPSA) is 90.3 Å². The maximum atomic E-state index is 13.8. The number of carbonyl (C=O) groups is 1. The summed E-state index contributed by atoms with van der Waals surface area (Å²) in [6.45, 7) is 12.0. The summed E-state index contributed by atoms with van der Waals surface area (Å²) in [4.78, 5) is 18.5. The molecule has 1 aromatic heterocycles. The zero-order valence-electron chi connectivity index (χ0n) is 22.5. The van der Waals surface area contributed by atoms with Crippen LogP contribution < -0.4 is 20.1 Å². The second-order valence-electron chi connectivity index (χ2n) is 9.36. The van der Waals surface area contributed by atoms with Gasteiger partial charge in [0, 0.05) is 17.1 Å². The molecule has 2 N–H and O–H groups in total. The molecule has 0 saturated heterocycles. The summed E-state index contributed by atoms with van der Waals surface area (Å²) >= 11 is 1.60. The van der Waals surface area contributed by atoms with Crippen molar-refractivity contribution in [3.63, 3.8) is 0 Å². The van der Waals surface area contributed by atoms with Crippen LogP contribution in [-0.4, -0.2) is 39.6 Å². The number of allylic oxidation sites excluding steroid dienone is 1. The molecule has 9 heteroatoms.